The van der Waals surface area contributed by atoms with Gasteiger partial charge >= 0.3 is 0 Å². The molecule has 3 aliphatic rings. The highest BCUT2D eigenvalue weighted by molar-refractivity contribution is 5.08. The van der Waals surface area contributed by atoms with E-state index in [0.717, 1.165) is 36.8 Å². The van der Waals surface area contributed by atoms with E-state index in [9.17, 15) is 0 Å². The Bertz CT molecular complexity index is 488. The second-order valence-electron chi connectivity index (χ2n) is 7.24. The first-order chi connectivity index (χ1) is 10.3. The lowest BCUT2D eigenvalue weighted by molar-refractivity contribution is 0.157. The molecule has 1 aromatic rings. The molecule has 3 heterocycles. The van der Waals surface area contributed by atoms with Crippen molar-refractivity contribution in [2.24, 2.45) is 11.7 Å². The van der Waals surface area contributed by atoms with E-state index >= 15 is 0 Å². The average molecular weight is 290 g/mol. The molecule has 2 aliphatic heterocycles. The van der Waals surface area contributed by atoms with Crippen molar-refractivity contribution in [1.82, 2.24) is 15.0 Å². The molecule has 3 fully saturated rings. The normalized spacial score (nSPS) is 40.0. The van der Waals surface area contributed by atoms with Gasteiger partial charge in [-0.2, -0.15) is 4.98 Å². The number of fused-ring (bicyclic) bond motifs is 2. The van der Waals surface area contributed by atoms with E-state index in [1.807, 2.05) is 0 Å². The van der Waals surface area contributed by atoms with Gasteiger partial charge in [0.15, 0.2) is 5.82 Å². The van der Waals surface area contributed by atoms with Crippen LogP contribution in [0.15, 0.2) is 4.52 Å². The van der Waals surface area contributed by atoms with Crippen LogP contribution in [0.2, 0.25) is 0 Å². The van der Waals surface area contributed by atoms with Crippen LogP contribution < -0.4 is 5.73 Å². The molecule has 4 atom stereocenters. The summed E-state index contributed by atoms with van der Waals surface area (Å²) in [6, 6.07) is 1.44. The molecule has 4 unspecified atom stereocenters. The largest absolute Gasteiger partial charge is 0.339 e. The molecule has 1 aromatic heterocycles. The molecule has 5 heteroatoms. The maximum absolute atomic E-state index is 5.88. The Labute approximate surface area is 126 Å². The Morgan fingerprint density at radius 2 is 1.95 bits per heavy atom. The van der Waals surface area contributed by atoms with Gasteiger partial charge in [-0.3, -0.25) is 0 Å². The molecule has 5 nitrogen and oxygen atoms in total. The minimum absolute atomic E-state index is 0.402. The second kappa shape index (κ2) is 5.36. The van der Waals surface area contributed by atoms with Crippen molar-refractivity contribution in [3.63, 3.8) is 0 Å². The fraction of sp³-hybridized carbons (Fsp3) is 0.875. The SMILES string of the molecule is CN1C2CCC1CC(c1noc(C3CCCC3CN)n1)C2. The third-order valence-electron chi connectivity index (χ3n) is 6.20. The van der Waals surface area contributed by atoms with Crippen LogP contribution in [0.1, 0.15) is 68.5 Å². The quantitative estimate of drug-likeness (QED) is 0.924. The highest BCUT2D eigenvalue weighted by Gasteiger charge is 2.41. The van der Waals surface area contributed by atoms with Gasteiger partial charge in [-0.15, -0.1) is 0 Å². The summed E-state index contributed by atoms with van der Waals surface area (Å²) < 4.78 is 5.62. The van der Waals surface area contributed by atoms with Crippen molar-refractivity contribution < 1.29 is 4.52 Å². The van der Waals surface area contributed by atoms with E-state index in [4.69, 9.17) is 15.2 Å². The summed E-state index contributed by atoms with van der Waals surface area (Å²) >= 11 is 0. The van der Waals surface area contributed by atoms with E-state index in [1.165, 1.54) is 38.5 Å². The van der Waals surface area contributed by atoms with Gasteiger partial charge in [-0.1, -0.05) is 11.6 Å². The molecule has 1 aliphatic carbocycles. The van der Waals surface area contributed by atoms with Crippen LogP contribution in [0.5, 0.6) is 0 Å². The van der Waals surface area contributed by atoms with Gasteiger partial charge < -0.3 is 15.2 Å². The monoisotopic (exact) mass is 290 g/mol. The van der Waals surface area contributed by atoms with Crippen LogP contribution in [0, 0.1) is 5.92 Å². The number of piperidine rings is 1. The maximum Gasteiger partial charge on any atom is 0.230 e. The summed E-state index contributed by atoms with van der Waals surface area (Å²) in [4.78, 5) is 7.34. The van der Waals surface area contributed by atoms with Gasteiger partial charge in [0.25, 0.3) is 0 Å². The summed E-state index contributed by atoms with van der Waals surface area (Å²) in [5.41, 5.74) is 5.88. The first-order valence-corrected chi connectivity index (χ1v) is 8.51. The lowest BCUT2D eigenvalue weighted by Crippen LogP contribution is -2.39. The van der Waals surface area contributed by atoms with Crippen molar-refractivity contribution in [2.45, 2.75) is 68.9 Å². The molecular weight excluding hydrogens is 264 g/mol. The molecule has 0 aromatic carbocycles. The second-order valence-corrected chi connectivity index (χ2v) is 7.24. The maximum atomic E-state index is 5.88. The van der Waals surface area contributed by atoms with Crippen molar-refractivity contribution in [2.75, 3.05) is 13.6 Å². The van der Waals surface area contributed by atoms with Gasteiger partial charge in [-0.25, -0.2) is 0 Å². The predicted molar refractivity (Wildman–Crippen MR) is 80.0 cm³/mol. The Balaban J connectivity index is 1.50. The van der Waals surface area contributed by atoms with E-state index in [1.54, 1.807) is 0 Å². The minimum Gasteiger partial charge on any atom is -0.339 e. The molecule has 1 saturated carbocycles. The molecule has 116 valence electrons. The first-order valence-electron chi connectivity index (χ1n) is 8.51. The molecule has 21 heavy (non-hydrogen) atoms. The molecule has 0 amide bonds. The summed E-state index contributed by atoms with van der Waals surface area (Å²) in [7, 11) is 2.27. The Morgan fingerprint density at radius 3 is 2.67 bits per heavy atom. The standard InChI is InChI=1S/C16H26N4O/c1-20-12-5-6-13(20)8-11(7-12)15-18-16(21-19-15)14-4-2-3-10(14)9-17/h10-14H,2-9,17H2,1H3. The lowest BCUT2D eigenvalue weighted by Gasteiger charge is -2.34. The van der Waals surface area contributed by atoms with Crippen LogP contribution in [0.3, 0.4) is 0 Å². The third kappa shape index (κ3) is 2.30. The summed E-state index contributed by atoms with van der Waals surface area (Å²) in [6.45, 7) is 0.737. The number of hydrogen-bond acceptors (Lipinski definition) is 5. The summed E-state index contributed by atoms with van der Waals surface area (Å²) in [5.74, 6) is 3.24. The molecule has 0 radical (unpaired) electrons. The molecule has 0 spiro atoms. The molecule has 2 N–H and O–H groups in total. The van der Waals surface area contributed by atoms with Crippen molar-refractivity contribution in [1.29, 1.82) is 0 Å². The molecule has 4 rings (SSSR count). The van der Waals surface area contributed by atoms with Gasteiger partial charge in [0, 0.05) is 23.9 Å². The smallest absolute Gasteiger partial charge is 0.230 e. The van der Waals surface area contributed by atoms with Crippen LogP contribution in [0.25, 0.3) is 0 Å². The fourth-order valence-corrected chi connectivity index (χ4v) is 4.83. The zero-order valence-corrected chi connectivity index (χ0v) is 12.9. The zero-order valence-electron chi connectivity index (χ0n) is 12.9. The topological polar surface area (TPSA) is 68.2 Å². The Hall–Kier alpha value is -0.940. The Morgan fingerprint density at radius 1 is 1.19 bits per heavy atom. The van der Waals surface area contributed by atoms with Crippen LogP contribution in [-0.4, -0.2) is 40.7 Å². The molecule has 2 bridgehead atoms. The minimum atomic E-state index is 0.402. The van der Waals surface area contributed by atoms with E-state index in [0.29, 0.717) is 17.8 Å². The highest BCUT2D eigenvalue weighted by atomic mass is 16.5. The Kier molecular flexibility index (Phi) is 3.50. The zero-order chi connectivity index (χ0) is 14.4. The average Bonchev–Trinajstić information content (AvgIpc) is 3.17. The number of hydrogen-bond donors (Lipinski definition) is 1. The van der Waals surface area contributed by atoms with E-state index in [2.05, 4.69) is 17.1 Å². The summed E-state index contributed by atoms with van der Waals surface area (Å²) in [5, 5.41) is 4.33. The van der Waals surface area contributed by atoms with Gasteiger partial charge in [-0.05, 0) is 58.0 Å². The van der Waals surface area contributed by atoms with Gasteiger partial charge in [0.1, 0.15) is 0 Å². The van der Waals surface area contributed by atoms with Crippen LogP contribution in [-0.2, 0) is 0 Å². The van der Waals surface area contributed by atoms with E-state index in [-0.39, 0.29) is 0 Å². The van der Waals surface area contributed by atoms with Crippen molar-refractivity contribution >= 4 is 0 Å². The van der Waals surface area contributed by atoms with Crippen LogP contribution >= 0.6 is 0 Å². The van der Waals surface area contributed by atoms with Gasteiger partial charge in [0.05, 0.1) is 0 Å². The lowest BCUT2D eigenvalue weighted by atomic mass is 9.90. The first kappa shape index (κ1) is 13.7. The molecule has 2 saturated heterocycles. The predicted octanol–water partition coefficient (Wildman–Crippen LogP) is 2.25. The number of nitrogens with two attached hydrogens (primary N) is 1. The highest BCUT2D eigenvalue weighted by Crippen LogP contribution is 2.43. The van der Waals surface area contributed by atoms with E-state index < -0.39 is 0 Å². The summed E-state index contributed by atoms with van der Waals surface area (Å²) in [6.07, 6.45) is 8.65. The number of rotatable bonds is 3. The third-order valence-corrected chi connectivity index (χ3v) is 6.20. The van der Waals surface area contributed by atoms with Crippen molar-refractivity contribution in [3.8, 4) is 0 Å². The fourth-order valence-electron chi connectivity index (χ4n) is 4.83. The molecular formula is C16H26N4O. The van der Waals surface area contributed by atoms with Gasteiger partial charge in [0.2, 0.25) is 5.89 Å². The number of aromatic nitrogens is 2. The number of nitrogens with zero attached hydrogens (tertiary/aromatic N) is 3. The van der Waals surface area contributed by atoms with Crippen molar-refractivity contribution in [3.05, 3.63) is 11.7 Å². The van der Waals surface area contributed by atoms with Crippen LogP contribution in [0.4, 0.5) is 0 Å².